The largest absolute Gasteiger partial charge is 0.490 e. The SMILES string of the molecule is CCOc1cc(C(=O)NCC2CC=CCC2)ccc1OCC(=O)O. The van der Waals surface area contributed by atoms with Gasteiger partial charge in [-0.1, -0.05) is 12.2 Å². The zero-order valence-electron chi connectivity index (χ0n) is 13.8. The number of ether oxygens (including phenoxy) is 2. The smallest absolute Gasteiger partial charge is 0.341 e. The van der Waals surface area contributed by atoms with Gasteiger partial charge in [0.2, 0.25) is 0 Å². The van der Waals surface area contributed by atoms with Crippen LogP contribution < -0.4 is 14.8 Å². The van der Waals surface area contributed by atoms with Crippen molar-refractivity contribution in [1.82, 2.24) is 5.32 Å². The van der Waals surface area contributed by atoms with Crippen molar-refractivity contribution in [2.75, 3.05) is 19.8 Å². The van der Waals surface area contributed by atoms with Crippen LogP contribution in [0.4, 0.5) is 0 Å². The number of carboxylic acids is 1. The second-order valence-electron chi connectivity index (χ2n) is 5.64. The van der Waals surface area contributed by atoms with Crippen molar-refractivity contribution in [3.05, 3.63) is 35.9 Å². The molecular formula is C18H23NO5. The van der Waals surface area contributed by atoms with E-state index in [9.17, 15) is 9.59 Å². The standard InChI is InChI=1S/C18H23NO5/c1-2-23-16-10-14(8-9-15(16)24-12-17(20)21)18(22)19-11-13-6-4-3-5-7-13/h3-4,8-10,13H,2,5-7,11-12H2,1H3,(H,19,22)(H,20,21). The Labute approximate surface area is 141 Å². The molecule has 2 N–H and O–H groups in total. The van der Waals surface area contributed by atoms with Crippen LogP contribution in [0.5, 0.6) is 11.5 Å². The maximum absolute atomic E-state index is 12.3. The normalized spacial score (nSPS) is 16.5. The molecule has 0 aromatic heterocycles. The number of rotatable bonds is 8. The van der Waals surface area contributed by atoms with Crippen LogP contribution in [-0.4, -0.2) is 36.7 Å². The van der Waals surface area contributed by atoms with E-state index in [2.05, 4.69) is 17.5 Å². The monoisotopic (exact) mass is 333 g/mol. The van der Waals surface area contributed by atoms with E-state index in [0.717, 1.165) is 19.3 Å². The summed E-state index contributed by atoms with van der Waals surface area (Å²) in [6, 6.07) is 4.75. The Morgan fingerprint density at radius 3 is 2.75 bits per heavy atom. The van der Waals surface area contributed by atoms with Crippen LogP contribution in [0.15, 0.2) is 30.4 Å². The van der Waals surface area contributed by atoms with Crippen LogP contribution in [0.1, 0.15) is 36.5 Å². The molecule has 0 bridgehead atoms. The molecule has 6 heteroatoms. The number of carboxylic acid groups (broad SMARTS) is 1. The Hall–Kier alpha value is -2.50. The van der Waals surface area contributed by atoms with Gasteiger partial charge in [0, 0.05) is 12.1 Å². The predicted octanol–water partition coefficient (Wildman–Crippen LogP) is 2.63. The quantitative estimate of drug-likeness (QED) is 0.714. The van der Waals surface area contributed by atoms with Crippen LogP contribution in [0.25, 0.3) is 0 Å². The molecule has 6 nitrogen and oxygen atoms in total. The van der Waals surface area contributed by atoms with E-state index in [0.29, 0.717) is 36.1 Å². The fraction of sp³-hybridized carbons (Fsp3) is 0.444. The van der Waals surface area contributed by atoms with Crippen molar-refractivity contribution in [2.45, 2.75) is 26.2 Å². The molecular weight excluding hydrogens is 310 g/mol. The molecule has 1 aromatic carbocycles. The first-order chi connectivity index (χ1) is 11.6. The summed E-state index contributed by atoms with van der Waals surface area (Å²) >= 11 is 0. The number of allylic oxidation sites excluding steroid dienone is 2. The number of hydrogen-bond acceptors (Lipinski definition) is 4. The number of carbonyl (C=O) groups is 2. The Morgan fingerprint density at radius 2 is 2.08 bits per heavy atom. The Balaban J connectivity index is 2.00. The third-order valence-corrected chi connectivity index (χ3v) is 3.79. The van der Waals surface area contributed by atoms with E-state index in [4.69, 9.17) is 14.6 Å². The van der Waals surface area contributed by atoms with Crippen molar-refractivity contribution in [3.8, 4) is 11.5 Å². The van der Waals surface area contributed by atoms with E-state index >= 15 is 0 Å². The second-order valence-corrected chi connectivity index (χ2v) is 5.64. The van der Waals surface area contributed by atoms with Gasteiger partial charge in [-0.15, -0.1) is 0 Å². The van der Waals surface area contributed by atoms with Crippen LogP contribution in [0, 0.1) is 5.92 Å². The van der Waals surface area contributed by atoms with E-state index < -0.39 is 12.6 Å². The van der Waals surface area contributed by atoms with E-state index in [-0.39, 0.29) is 5.91 Å². The summed E-state index contributed by atoms with van der Waals surface area (Å²) in [5, 5.41) is 11.6. The molecule has 0 saturated carbocycles. The Bertz CT molecular complexity index is 611. The van der Waals surface area contributed by atoms with Gasteiger partial charge in [0.15, 0.2) is 18.1 Å². The van der Waals surface area contributed by atoms with Gasteiger partial charge in [-0.3, -0.25) is 4.79 Å². The fourth-order valence-corrected chi connectivity index (χ4v) is 2.56. The summed E-state index contributed by atoms with van der Waals surface area (Å²) in [7, 11) is 0. The summed E-state index contributed by atoms with van der Waals surface area (Å²) in [5.74, 6) is -0.0835. The van der Waals surface area contributed by atoms with E-state index in [1.165, 1.54) is 0 Å². The van der Waals surface area contributed by atoms with Gasteiger partial charge in [0.1, 0.15) is 0 Å². The van der Waals surface area contributed by atoms with Crippen molar-refractivity contribution in [1.29, 1.82) is 0 Å². The van der Waals surface area contributed by atoms with Gasteiger partial charge < -0.3 is 19.9 Å². The average Bonchev–Trinajstić information content (AvgIpc) is 2.59. The summed E-state index contributed by atoms with van der Waals surface area (Å²) < 4.78 is 10.6. The molecule has 1 atom stereocenters. The number of hydrogen-bond donors (Lipinski definition) is 2. The highest BCUT2D eigenvalue weighted by atomic mass is 16.5. The van der Waals surface area contributed by atoms with Crippen molar-refractivity contribution >= 4 is 11.9 Å². The zero-order valence-corrected chi connectivity index (χ0v) is 13.8. The highest BCUT2D eigenvalue weighted by Crippen LogP contribution is 2.28. The molecule has 0 aliphatic heterocycles. The van der Waals surface area contributed by atoms with Gasteiger partial charge in [0.05, 0.1) is 6.61 Å². The first-order valence-electron chi connectivity index (χ1n) is 8.14. The molecule has 24 heavy (non-hydrogen) atoms. The van der Waals surface area contributed by atoms with Gasteiger partial charge >= 0.3 is 5.97 Å². The lowest BCUT2D eigenvalue weighted by molar-refractivity contribution is -0.139. The number of amides is 1. The minimum atomic E-state index is -1.07. The van der Waals surface area contributed by atoms with Crippen molar-refractivity contribution in [2.24, 2.45) is 5.92 Å². The van der Waals surface area contributed by atoms with Crippen molar-refractivity contribution in [3.63, 3.8) is 0 Å². The summed E-state index contributed by atoms with van der Waals surface area (Å²) in [6.45, 7) is 2.39. The summed E-state index contributed by atoms with van der Waals surface area (Å²) in [6.07, 6.45) is 7.46. The molecule has 130 valence electrons. The summed E-state index contributed by atoms with van der Waals surface area (Å²) in [4.78, 5) is 22.9. The Morgan fingerprint density at radius 1 is 1.25 bits per heavy atom. The molecule has 1 aliphatic rings. The molecule has 0 saturated heterocycles. The first-order valence-corrected chi connectivity index (χ1v) is 8.14. The number of aliphatic carboxylic acids is 1. The van der Waals surface area contributed by atoms with Gasteiger partial charge in [-0.2, -0.15) is 0 Å². The van der Waals surface area contributed by atoms with Crippen LogP contribution in [0.3, 0.4) is 0 Å². The van der Waals surface area contributed by atoms with E-state index in [1.807, 2.05) is 6.92 Å². The van der Waals surface area contributed by atoms with Crippen LogP contribution >= 0.6 is 0 Å². The molecule has 0 spiro atoms. The van der Waals surface area contributed by atoms with Crippen molar-refractivity contribution < 1.29 is 24.2 Å². The minimum absolute atomic E-state index is 0.171. The van der Waals surface area contributed by atoms with Crippen LogP contribution in [-0.2, 0) is 4.79 Å². The van der Waals surface area contributed by atoms with Gasteiger partial charge in [-0.25, -0.2) is 4.79 Å². The Kier molecular flexibility index (Phi) is 6.66. The maximum atomic E-state index is 12.3. The molecule has 2 rings (SSSR count). The van der Waals surface area contributed by atoms with Crippen LogP contribution in [0.2, 0.25) is 0 Å². The van der Waals surface area contributed by atoms with E-state index in [1.54, 1.807) is 18.2 Å². The second kappa shape index (κ2) is 8.96. The molecule has 1 unspecified atom stereocenters. The third-order valence-electron chi connectivity index (χ3n) is 3.79. The zero-order chi connectivity index (χ0) is 17.4. The molecule has 0 heterocycles. The number of benzene rings is 1. The maximum Gasteiger partial charge on any atom is 0.341 e. The van der Waals surface area contributed by atoms with Gasteiger partial charge in [0.25, 0.3) is 5.91 Å². The first kappa shape index (κ1) is 17.8. The topological polar surface area (TPSA) is 84.9 Å². The lowest BCUT2D eigenvalue weighted by Gasteiger charge is -2.18. The average molecular weight is 333 g/mol. The highest BCUT2D eigenvalue weighted by molar-refractivity contribution is 5.94. The van der Waals surface area contributed by atoms with Gasteiger partial charge in [-0.05, 0) is 50.3 Å². The molecule has 0 fully saturated rings. The molecule has 0 radical (unpaired) electrons. The predicted molar refractivity (Wildman–Crippen MR) is 89.6 cm³/mol. The molecule has 1 aliphatic carbocycles. The fourth-order valence-electron chi connectivity index (χ4n) is 2.56. The number of nitrogens with one attached hydrogen (secondary N) is 1. The highest BCUT2D eigenvalue weighted by Gasteiger charge is 2.15. The summed E-state index contributed by atoms with van der Waals surface area (Å²) in [5.41, 5.74) is 0.465. The minimum Gasteiger partial charge on any atom is -0.490 e. The lowest BCUT2D eigenvalue weighted by Crippen LogP contribution is -2.29. The third kappa shape index (κ3) is 5.30. The molecule has 1 aromatic rings. The number of carbonyl (C=O) groups excluding carboxylic acids is 1. The lowest BCUT2D eigenvalue weighted by atomic mass is 9.94. The molecule has 1 amide bonds.